The minimum absolute atomic E-state index is 0.206. The van der Waals surface area contributed by atoms with Gasteiger partial charge in [0.2, 0.25) is 0 Å². The van der Waals surface area contributed by atoms with Gasteiger partial charge in [-0.1, -0.05) is 12.2 Å². The molecule has 0 heterocycles. The molecular formula is C14H22O2. The Bertz CT molecular complexity index is 215. The quantitative estimate of drug-likeness (QED) is 0.304. The minimum Gasteiger partial charge on any atom is -0.291 e. The fourth-order valence-electron chi connectivity index (χ4n) is 1.43. The van der Waals surface area contributed by atoms with Crippen molar-refractivity contribution in [1.82, 2.24) is 0 Å². The van der Waals surface area contributed by atoms with Crippen molar-refractivity contribution in [3.8, 4) is 0 Å². The summed E-state index contributed by atoms with van der Waals surface area (Å²) in [6.07, 6.45) is 9.78. The maximum Gasteiger partial charge on any atom is 0.198 e. The molecule has 0 N–H and O–H groups in total. The van der Waals surface area contributed by atoms with Crippen LogP contribution in [-0.4, -0.2) is 11.6 Å². The summed E-state index contributed by atoms with van der Waals surface area (Å²) >= 11 is 0. The van der Waals surface area contributed by atoms with Crippen LogP contribution in [0.3, 0.4) is 0 Å². The van der Waals surface area contributed by atoms with Crippen molar-refractivity contribution in [3.05, 3.63) is 25.3 Å². The molecule has 0 atom stereocenters. The van der Waals surface area contributed by atoms with Gasteiger partial charge in [-0.3, -0.25) is 9.59 Å². The van der Waals surface area contributed by atoms with Crippen molar-refractivity contribution in [3.63, 3.8) is 0 Å². The molecule has 16 heavy (non-hydrogen) atoms. The van der Waals surface area contributed by atoms with E-state index in [1.807, 2.05) is 12.2 Å². The summed E-state index contributed by atoms with van der Waals surface area (Å²) in [6, 6.07) is 0. The highest BCUT2D eigenvalue weighted by Gasteiger charge is 2.11. The van der Waals surface area contributed by atoms with Crippen LogP contribution in [0.1, 0.15) is 51.4 Å². The van der Waals surface area contributed by atoms with Crippen LogP contribution >= 0.6 is 0 Å². The minimum atomic E-state index is -0.206. The molecule has 0 radical (unpaired) electrons. The van der Waals surface area contributed by atoms with Crippen molar-refractivity contribution < 1.29 is 9.59 Å². The van der Waals surface area contributed by atoms with Gasteiger partial charge in [0.05, 0.1) is 0 Å². The monoisotopic (exact) mass is 222 g/mol. The van der Waals surface area contributed by atoms with Gasteiger partial charge in [-0.05, 0) is 38.5 Å². The number of allylic oxidation sites excluding steroid dienone is 2. The molecule has 0 bridgehead atoms. The molecule has 0 saturated carbocycles. The number of ketones is 2. The summed E-state index contributed by atoms with van der Waals surface area (Å²) in [5, 5.41) is 0. The van der Waals surface area contributed by atoms with E-state index in [9.17, 15) is 9.59 Å². The van der Waals surface area contributed by atoms with Gasteiger partial charge in [0.1, 0.15) is 0 Å². The van der Waals surface area contributed by atoms with Crippen LogP contribution in [0.2, 0.25) is 0 Å². The van der Waals surface area contributed by atoms with Gasteiger partial charge in [0.25, 0.3) is 0 Å². The second-order valence-corrected chi connectivity index (χ2v) is 3.92. The molecule has 0 unspecified atom stereocenters. The third-order valence-corrected chi connectivity index (χ3v) is 2.44. The third kappa shape index (κ3) is 8.16. The molecule has 0 fully saturated rings. The second-order valence-electron chi connectivity index (χ2n) is 3.92. The first kappa shape index (κ1) is 14.8. The van der Waals surface area contributed by atoms with E-state index in [0.717, 1.165) is 38.5 Å². The first-order valence-corrected chi connectivity index (χ1v) is 6.00. The van der Waals surface area contributed by atoms with Crippen molar-refractivity contribution in [1.29, 1.82) is 0 Å². The summed E-state index contributed by atoms with van der Waals surface area (Å²) < 4.78 is 0. The Balaban J connectivity index is 3.53. The molecule has 0 aliphatic carbocycles. The molecule has 0 aliphatic heterocycles. The molecule has 90 valence electrons. The van der Waals surface area contributed by atoms with E-state index < -0.39 is 0 Å². The molecule has 0 aromatic carbocycles. The van der Waals surface area contributed by atoms with E-state index in [2.05, 4.69) is 13.2 Å². The van der Waals surface area contributed by atoms with Gasteiger partial charge in [-0.2, -0.15) is 0 Å². The lowest BCUT2D eigenvalue weighted by atomic mass is 10.0. The van der Waals surface area contributed by atoms with Gasteiger partial charge in [-0.25, -0.2) is 0 Å². The molecule has 0 amide bonds. The summed E-state index contributed by atoms with van der Waals surface area (Å²) in [5.41, 5.74) is 0. The highest BCUT2D eigenvalue weighted by molar-refractivity contribution is 6.37. The average molecular weight is 222 g/mol. The first-order chi connectivity index (χ1) is 7.72. The van der Waals surface area contributed by atoms with E-state index in [1.165, 1.54) is 0 Å². The predicted octanol–water partition coefficient (Wildman–Crippen LogP) is 3.62. The highest BCUT2D eigenvalue weighted by Crippen LogP contribution is 2.06. The number of hydrogen-bond donors (Lipinski definition) is 0. The van der Waals surface area contributed by atoms with E-state index in [0.29, 0.717) is 12.8 Å². The van der Waals surface area contributed by atoms with Crippen LogP contribution in [0.4, 0.5) is 0 Å². The van der Waals surface area contributed by atoms with Crippen LogP contribution in [0.15, 0.2) is 25.3 Å². The van der Waals surface area contributed by atoms with Crippen LogP contribution in [0.25, 0.3) is 0 Å². The number of rotatable bonds is 11. The lowest BCUT2D eigenvalue weighted by Gasteiger charge is -1.99. The molecule has 2 heteroatoms. The Morgan fingerprint density at radius 3 is 1.44 bits per heavy atom. The summed E-state index contributed by atoms with van der Waals surface area (Å²) in [6.45, 7) is 7.22. The lowest BCUT2D eigenvalue weighted by Crippen LogP contribution is -2.13. The molecular weight excluding hydrogens is 200 g/mol. The molecule has 0 aromatic heterocycles. The van der Waals surface area contributed by atoms with Crippen molar-refractivity contribution in [2.24, 2.45) is 0 Å². The Morgan fingerprint density at radius 1 is 0.750 bits per heavy atom. The number of carbonyl (C=O) groups excluding carboxylic acids is 2. The molecule has 0 rings (SSSR count). The van der Waals surface area contributed by atoms with E-state index in [-0.39, 0.29) is 11.6 Å². The molecule has 2 nitrogen and oxygen atoms in total. The summed E-state index contributed by atoms with van der Waals surface area (Å²) in [4.78, 5) is 22.7. The zero-order chi connectivity index (χ0) is 12.2. The molecule has 0 aromatic rings. The predicted molar refractivity (Wildman–Crippen MR) is 67.3 cm³/mol. The summed E-state index contributed by atoms with van der Waals surface area (Å²) in [5.74, 6) is -0.412. The maximum absolute atomic E-state index is 11.4. The van der Waals surface area contributed by atoms with E-state index >= 15 is 0 Å². The van der Waals surface area contributed by atoms with E-state index in [1.54, 1.807) is 0 Å². The maximum atomic E-state index is 11.4. The van der Waals surface area contributed by atoms with Gasteiger partial charge in [0, 0.05) is 12.8 Å². The SMILES string of the molecule is C=CCCCCC(=O)C(=O)CCCCC=C. The number of carbonyl (C=O) groups is 2. The fourth-order valence-corrected chi connectivity index (χ4v) is 1.43. The van der Waals surface area contributed by atoms with Crippen LogP contribution < -0.4 is 0 Å². The number of hydrogen-bond acceptors (Lipinski definition) is 2. The number of unbranched alkanes of at least 4 members (excludes halogenated alkanes) is 4. The Hall–Kier alpha value is -1.18. The highest BCUT2D eigenvalue weighted by atomic mass is 16.2. The zero-order valence-electron chi connectivity index (χ0n) is 10.0. The normalized spacial score (nSPS) is 9.75. The fraction of sp³-hybridized carbons (Fsp3) is 0.571. The van der Waals surface area contributed by atoms with Gasteiger partial charge < -0.3 is 0 Å². The first-order valence-electron chi connectivity index (χ1n) is 6.00. The van der Waals surface area contributed by atoms with Crippen molar-refractivity contribution in [2.75, 3.05) is 0 Å². The van der Waals surface area contributed by atoms with Crippen LogP contribution in [-0.2, 0) is 9.59 Å². The van der Waals surface area contributed by atoms with Gasteiger partial charge >= 0.3 is 0 Å². The Labute approximate surface area is 98.4 Å². The van der Waals surface area contributed by atoms with Gasteiger partial charge in [-0.15, -0.1) is 13.2 Å². The molecule has 0 aliphatic rings. The molecule has 0 spiro atoms. The van der Waals surface area contributed by atoms with Crippen LogP contribution in [0, 0.1) is 0 Å². The lowest BCUT2D eigenvalue weighted by molar-refractivity contribution is -0.136. The summed E-state index contributed by atoms with van der Waals surface area (Å²) in [7, 11) is 0. The van der Waals surface area contributed by atoms with Crippen LogP contribution in [0.5, 0.6) is 0 Å². The topological polar surface area (TPSA) is 34.1 Å². The Kier molecular flexibility index (Phi) is 9.58. The molecule has 0 saturated heterocycles. The zero-order valence-corrected chi connectivity index (χ0v) is 10.0. The largest absolute Gasteiger partial charge is 0.291 e. The number of Topliss-reactive ketones (excluding diaryl/α,β-unsaturated/α-hetero) is 2. The van der Waals surface area contributed by atoms with Crippen molar-refractivity contribution in [2.45, 2.75) is 51.4 Å². The third-order valence-electron chi connectivity index (χ3n) is 2.44. The second kappa shape index (κ2) is 10.3. The average Bonchev–Trinajstić information content (AvgIpc) is 2.29. The van der Waals surface area contributed by atoms with E-state index in [4.69, 9.17) is 0 Å². The Morgan fingerprint density at radius 2 is 1.12 bits per heavy atom. The van der Waals surface area contributed by atoms with Crippen molar-refractivity contribution >= 4 is 11.6 Å². The standard InChI is InChI=1S/C14H22O2/c1-3-5-7-9-11-13(15)14(16)12-10-8-6-4-2/h3-4H,1-2,5-12H2. The van der Waals surface area contributed by atoms with Gasteiger partial charge in [0.15, 0.2) is 11.6 Å². The smallest absolute Gasteiger partial charge is 0.198 e.